The van der Waals surface area contributed by atoms with Crippen LogP contribution in [0, 0.1) is 19.8 Å². The molecule has 0 aliphatic heterocycles. The van der Waals surface area contributed by atoms with Crippen molar-refractivity contribution < 1.29 is 9.53 Å². The van der Waals surface area contributed by atoms with Crippen LogP contribution < -0.4 is 10.1 Å². The second kappa shape index (κ2) is 8.11. The summed E-state index contributed by atoms with van der Waals surface area (Å²) in [4.78, 5) is 17.4. The first-order valence-corrected chi connectivity index (χ1v) is 8.71. The van der Waals surface area contributed by atoms with Crippen LogP contribution >= 0.6 is 11.3 Å². The van der Waals surface area contributed by atoms with E-state index in [1.165, 1.54) is 16.9 Å². The van der Waals surface area contributed by atoms with Gasteiger partial charge in [-0.1, -0.05) is 31.5 Å². The molecule has 124 valence electrons. The molecule has 0 saturated heterocycles. The standard InChI is InChI=1S/C18H24N2O2S/c1-12(2)11-16-20-14(4)17(23-16)18(21)19-9-10-22-15-7-5-13(3)6-8-15/h5-8,12H,9-11H2,1-4H3,(H,19,21). The van der Waals surface area contributed by atoms with Crippen LogP contribution in [0.3, 0.4) is 0 Å². The summed E-state index contributed by atoms with van der Waals surface area (Å²) >= 11 is 1.49. The van der Waals surface area contributed by atoms with E-state index in [-0.39, 0.29) is 5.91 Å². The Kier molecular flexibility index (Phi) is 6.16. The van der Waals surface area contributed by atoms with Gasteiger partial charge in [-0.05, 0) is 31.9 Å². The Balaban J connectivity index is 1.80. The maximum Gasteiger partial charge on any atom is 0.263 e. The van der Waals surface area contributed by atoms with Crippen LogP contribution in [-0.4, -0.2) is 24.0 Å². The van der Waals surface area contributed by atoms with Crippen molar-refractivity contribution in [3.05, 3.63) is 45.4 Å². The molecule has 0 fully saturated rings. The number of aryl methyl sites for hydroxylation is 2. The van der Waals surface area contributed by atoms with Crippen LogP contribution in [0.5, 0.6) is 5.75 Å². The number of carbonyl (C=O) groups is 1. The van der Waals surface area contributed by atoms with E-state index < -0.39 is 0 Å². The van der Waals surface area contributed by atoms with E-state index >= 15 is 0 Å². The lowest BCUT2D eigenvalue weighted by Gasteiger charge is -2.07. The molecule has 1 heterocycles. The van der Waals surface area contributed by atoms with E-state index in [2.05, 4.69) is 24.1 Å². The molecule has 0 unspecified atom stereocenters. The molecule has 0 aliphatic carbocycles. The molecule has 0 radical (unpaired) electrons. The topological polar surface area (TPSA) is 51.2 Å². The van der Waals surface area contributed by atoms with Gasteiger partial charge in [-0.3, -0.25) is 4.79 Å². The average molecular weight is 332 g/mol. The van der Waals surface area contributed by atoms with Crippen molar-refractivity contribution in [2.24, 2.45) is 5.92 Å². The predicted molar refractivity (Wildman–Crippen MR) is 94.4 cm³/mol. The van der Waals surface area contributed by atoms with Gasteiger partial charge in [0.05, 0.1) is 17.2 Å². The summed E-state index contributed by atoms with van der Waals surface area (Å²) in [6.07, 6.45) is 0.912. The lowest BCUT2D eigenvalue weighted by atomic mass is 10.1. The zero-order valence-corrected chi connectivity index (χ0v) is 15.0. The molecule has 0 spiro atoms. The molecular weight excluding hydrogens is 308 g/mol. The highest BCUT2D eigenvalue weighted by Gasteiger charge is 2.15. The monoisotopic (exact) mass is 332 g/mol. The van der Waals surface area contributed by atoms with Gasteiger partial charge in [0, 0.05) is 6.42 Å². The van der Waals surface area contributed by atoms with Gasteiger partial charge in [0.2, 0.25) is 0 Å². The molecule has 4 nitrogen and oxygen atoms in total. The number of aromatic nitrogens is 1. The molecule has 0 bridgehead atoms. The van der Waals surface area contributed by atoms with E-state index in [4.69, 9.17) is 4.74 Å². The molecule has 1 aromatic heterocycles. The van der Waals surface area contributed by atoms with Crippen LogP contribution in [0.25, 0.3) is 0 Å². The molecule has 23 heavy (non-hydrogen) atoms. The van der Waals surface area contributed by atoms with Crippen LogP contribution in [0.1, 0.15) is 39.8 Å². The average Bonchev–Trinajstić information content (AvgIpc) is 2.85. The Labute approximate surface area is 141 Å². The second-order valence-corrected chi connectivity index (χ2v) is 7.12. The quantitative estimate of drug-likeness (QED) is 0.785. The van der Waals surface area contributed by atoms with Crippen molar-refractivity contribution in [3.63, 3.8) is 0 Å². The summed E-state index contributed by atoms with van der Waals surface area (Å²) in [5.74, 6) is 1.29. The van der Waals surface area contributed by atoms with Gasteiger partial charge >= 0.3 is 0 Å². The third kappa shape index (κ3) is 5.36. The van der Waals surface area contributed by atoms with E-state index in [1.807, 2.05) is 38.1 Å². The number of hydrogen-bond donors (Lipinski definition) is 1. The fraction of sp³-hybridized carbons (Fsp3) is 0.444. The minimum absolute atomic E-state index is 0.0671. The van der Waals surface area contributed by atoms with Crippen molar-refractivity contribution in [2.75, 3.05) is 13.2 Å². The molecule has 1 amide bonds. The highest BCUT2D eigenvalue weighted by Crippen LogP contribution is 2.20. The van der Waals surface area contributed by atoms with Crippen LogP contribution in [0.15, 0.2) is 24.3 Å². The van der Waals surface area contributed by atoms with Crippen molar-refractivity contribution in [3.8, 4) is 5.75 Å². The Bertz CT molecular complexity index is 648. The van der Waals surface area contributed by atoms with Gasteiger partial charge in [-0.15, -0.1) is 11.3 Å². The Hall–Kier alpha value is -1.88. The van der Waals surface area contributed by atoms with Crippen LogP contribution in [0.2, 0.25) is 0 Å². The lowest BCUT2D eigenvalue weighted by molar-refractivity contribution is 0.0950. The molecule has 1 N–H and O–H groups in total. The zero-order chi connectivity index (χ0) is 16.8. The predicted octanol–water partition coefficient (Wildman–Crippen LogP) is 3.77. The number of nitrogens with one attached hydrogen (secondary N) is 1. The first-order chi connectivity index (χ1) is 11.0. The van der Waals surface area contributed by atoms with Crippen LogP contribution in [0.4, 0.5) is 0 Å². The highest BCUT2D eigenvalue weighted by atomic mass is 32.1. The summed E-state index contributed by atoms with van der Waals surface area (Å²) in [7, 11) is 0. The van der Waals surface area contributed by atoms with Gasteiger partial charge in [-0.2, -0.15) is 0 Å². The molecule has 1 aromatic carbocycles. The summed E-state index contributed by atoms with van der Waals surface area (Å²) in [6.45, 7) is 9.15. The molecule has 0 atom stereocenters. The number of carbonyl (C=O) groups excluding carboxylic acids is 1. The van der Waals surface area contributed by atoms with Gasteiger partial charge in [0.1, 0.15) is 17.2 Å². The highest BCUT2D eigenvalue weighted by molar-refractivity contribution is 7.13. The SMILES string of the molecule is Cc1ccc(OCCNC(=O)c2sc(CC(C)C)nc2C)cc1. The van der Waals surface area contributed by atoms with Gasteiger partial charge < -0.3 is 10.1 Å². The van der Waals surface area contributed by atoms with Gasteiger partial charge in [0.15, 0.2) is 0 Å². The molecule has 0 aliphatic rings. The minimum atomic E-state index is -0.0671. The Morgan fingerprint density at radius 1 is 1.26 bits per heavy atom. The molecule has 5 heteroatoms. The summed E-state index contributed by atoms with van der Waals surface area (Å²) in [5, 5.41) is 3.92. The molecule has 2 aromatic rings. The van der Waals surface area contributed by atoms with Crippen molar-refractivity contribution in [1.82, 2.24) is 10.3 Å². The fourth-order valence-electron chi connectivity index (χ4n) is 2.15. The van der Waals surface area contributed by atoms with E-state index in [0.29, 0.717) is 23.9 Å². The van der Waals surface area contributed by atoms with Crippen molar-refractivity contribution in [2.45, 2.75) is 34.1 Å². The first-order valence-electron chi connectivity index (χ1n) is 7.89. The van der Waals surface area contributed by atoms with Crippen molar-refractivity contribution in [1.29, 1.82) is 0 Å². The number of amides is 1. The fourth-order valence-corrected chi connectivity index (χ4v) is 3.34. The third-order valence-corrected chi connectivity index (χ3v) is 4.49. The van der Waals surface area contributed by atoms with E-state index in [1.54, 1.807) is 0 Å². The molecular formula is C18H24N2O2S. The Morgan fingerprint density at radius 2 is 1.96 bits per heavy atom. The van der Waals surface area contributed by atoms with Gasteiger partial charge in [0.25, 0.3) is 5.91 Å². The number of thiazole rings is 1. The zero-order valence-electron chi connectivity index (χ0n) is 14.2. The first kappa shape index (κ1) is 17.5. The summed E-state index contributed by atoms with van der Waals surface area (Å²) in [5.41, 5.74) is 2.01. The van der Waals surface area contributed by atoms with E-state index in [0.717, 1.165) is 22.9 Å². The number of rotatable bonds is 7. The van der Waals surface area contributed by atoms with Gasteiger partial charge in [-0.25, -0.2) is 4.98 Å². The normalized spacial score (nSPS) is 10.8. The number of benzene rings is 1. The maximum atomic E-state index is 12.2. The maximum absolute atomic E-state index is 12.2. The smallest absolute Gasteiger partial charge is 0.263 e. The largest absolute Gasteiger partial charge is 0.492 e. The number of ether oxygens (including phenoxy) is 1. The lowest BCUT2D eigenvalue weighted by Crippen LogP contribution is -2.27. The van der Waals surface area contributed by atoms with Crippen molar-refractivity contribution >= 4 is 17.2 Å². The molecule has 2 rings (SSSR count). The number of hydrogen-bond acceptors (Lipinski definition) is 4. The third-order valence-electron chi connectivity index (χ3n) is 3.31. The number of nitrogens with zero attached hydrogens (tertiary/aromatic N) is 1. The van der Waals surface area contributed by atoms with Crippen LogP contribution in [-0.2, 0) is 6.42 Å². The summed E-state index contributed by atoms with van der Waals surface area (Å²) < 4.78 is 5.61. The Morgan fingerprint density at radius 3 is 2.61 bits per heavy atom. The summed E-state index contributed by atoms with van der Waals surface area (Å²) in [6, 6.07) is 7.88. The van der Waals surface area contributed by atoms with E-state index in [9.17, 15) is 4.79 Å². The second-order valence-electron chi connectivity index (χ2n) is 6.04. The molecule has 0 saturated carbocycles. The minimum Gasteiger partial charge on any atom is -0.492 e.